The van der Waals surface area contributed by atoms with Crippen molar-refractivity contribution in [2.24, 2.45) is 5.73 Å². The van der Waals surface area contributed by atoms with Crippen LogP contribution in [0.4, 0.5) is 13.2 Å². The van der Waals surface area contributed by atoms with Crippen LogP contribution in [0.25, 0.3) is 5.69 Å². The van der Waals surface area contributed by atoms with E-state index in [4.69, 9.17) is 43.1 Å². The molecule has 5 rings (SSSR count). The molecule has 3 aromatic rings. The van der Waals surface area contributed by atoms with E-state index < -0.39 is 54.2 Å². The Bertz CT molecular complexity index is 1260. The second kappa shape index (κ2) is 9.56. The molecule has 0 aliphatic carbocycles. The number of hydrogen-bond donors (Lipinski definition) is 2. The number of halogens is 5. The van der Waals surface area contributed by atoms with Crippen molar-refractivity contribution in [2.45, 2.75) is 49.8 Å². The molecule has 8 nitrogen and oxygen atoms in total. The molecule has 0 bridgehead atoms. The molecule has 0 saturated carbocycles. The second-order valence-corrected chi connectivity index (χ2v) is 9.36. The number of aryl methyl sites for hydroxylation is 1. The highest BCUT2D eigenvalue weighted by atomic mass is 35.5. The molecule has 1 aromatic heterocycles. The number of fused-ring (bicyclic) bond motifs is 1. The number of benzene rings is 2. The predicted octanol–water partition coefficient (Wildman–Crippen LogP) is 4.14. The van der Waals surface area contributed by atoms with E-state index in [0.717, 1.165) is 16.3 Å². The van der Waals surface area contributed by atoms with E-state index in [2.05, 4.69) is 10.1 Å². The summed E-state index contributed by atoms with van der Waals surface area (Å²) < 4.78 is 60.4. The Labute approximate surface area is 213 Å². The Morgan fingerprint density at radius 1 is 1.11 bits per heavy atom. The molecule has 2 aliphatic rings. The van der Waals surface area contributed by atoms with Gasteiger partial charge in [0.25, 0.3) is 0 Å². The van der Waals surface area contributed by atoms with Crippen LogP contribution in [0.3, 0.4) is 0 Å². The van der Waals surface area contributed by atoms with E-state index in [0.29, 0.717) is 6.07 Å². The molecule has 0 radical (unpaired) electrons. The van der Waals surface area contributed by atoms with E-state index >= 15 is 0 Å². The Morgan fingerprint density at radius 2 is 1.81 bits per heavy atom. The van der Waals surface area contributed by atoms with E-state index in [-0.39, 0.29) is 28.3 Å². The predicted molar refractivity (Wildman–Crippen MR) is 123 cm³/mol. The van der Waals surface area contributed by atoms with Crippen molar-refractivity contribution in [1.82, 2.24) is 14.8 Å². The molecule has 13 heteroatoms. The molecule has 2 fully saturated rings. The summed E-state index contributed by atoms with van der Waals surface area (Å²) in [5, 5.41) is 14.8. The fraction of sp³-hybridized carbons (Fsp3) is 0.391. The summed E-state index contributed by atoms with van der Waals surface area (Å²) in [4.78, 5) is 4.26. The SMILES string of the molecule is Cc1nc([C@@H]2OC3COC(c4ccccc4)O[C@@H]3C(N)C2O)n(-c2cc(Cl)c(Cl)cc2C(F)(F)F)n1. The Morgan fingerprint density at radius 3 is 2.50 bits per heavy atom. The standard InChI is InChI=1S/C23H21Cl2F3N4O4/c1-10-30-21(32(31-10)15-8-14(25)13(24)7-12(15)23(26,27)28)20-18(33)17(29)19-16(35-20)9-34-22(36-19)11-5-3-2-4-6-11/h2-8,16-20,22,33H,9,29H2,1H3/t16?,17?,18?,19-,20+,22?/m0/s1. The smallest absolute Gasteiger partial charge is 0.388 e. The second-order valence-electron chi connectivity index (χ2n) is 8.55. The van der Waals surface area contributed by atoms with Gasteiger partial charge in [0, 0.05) is 5.56 Å². The molecule has 4 unspecified atom stereocenters. The summed E-state index contributed by atoms with van der Waals surface area (Å²) in [6.07, 6.45) is -9.52. The topological polar surface area (TPSA) is 105 Å². The molecule has 6 atom stereocenters. The van der Waals surface area contributed by atoms with E-state index in [9.17, 15) is 18.3 Å². The van der Waals surface area contributed by atoms with Gasteiger partial charge in [0.05, 0.1) is 33.9 Å². The van der Waals surface area contributed by atoms with Gasteiger partial charge in [-0.05, 0) is 19.1 Å². The first kappa shape index (κ1) is 25.4. The average molecular weight is 545 g/mol. The van der Waals surface area contributed by atoms with Gasteiger partial charge in [0.1, 0.15) is 30.2 Å². The number of aliphatic hydroxyl groups is 1. The quantitative estimate of drug-likeness (QED) is 0.510. The fourth-order valence-corrected chi connectivity index (χ4v) is 4.72. The highest BCUT2D eigenvalue weighted by molar-refractivity contribution is 6.42. The fourth-order valence-electron chi connectivity index (χ4n) is 4.40. The van der Waals surface area contributed by atoms with Crippen LogP contribution in [0.15, 0.2) is 42.5 Å². The van der Waals surface area contributed by atoms with Crippen LogP contribution < -0.4 is 5.73 Å². The van der Waals surface area contributed by atoms with Gasteiger partial charge < -0.3 is 25.1 Å². The van der Waals surface area contributed by atoms with Crippen molar-refractivity contribution in [1.29, 1.82) is 0 Å². The van der Waals surface area contributed by atoms with Crippen molar-refractivity contribution in [3.63, 3.8) is 0 Å². The molecule has 2 aromatic carbocycles. The summed E-state index contributed by atoms with van der Waals surface area (Å²) in [6.45, 7) is 1.58. The maximum absolute atomic E-state index is 13.9. The lowest BCUT2D eigenvalue weighted by Gasteiger charge is -2.46. The summed E-state index contributed by atoms with van der Waals surface area (Å²) in [6, 6.07) is 10.00. The number of nitrogens with zero attached hydrogens (tertiary/aromatic N) is 3. The summed E-state index contributed by atoms with van der Waals surface area (Å²) >= 11 is 11.9. The van der Waals surface area contributed by atoms with Crippen molar-refractivity contribution in [2.75, 3.05) is 6.61 Å². The van der Waals surface area contributed by atoms with Gasteiger partial charge in [0.2, 0.25) is 0 Å². The first-order valence-electron chi connectivity index (χ1n) is 11.0. The van der Waals surface area contributed by atoms with E-state index in [1.54, 1.807) is 0 Å². The third-order valence-corrected chi connectivity index (χ3v) is 6.82. The minimum atomic E-state index is -4.77. The molecule has 0 amide bonds. The lowest BCUT2D eigenvalue weighted by molar-refractivity contribution is -0.309. The van der Waals surface area contributed by atoms with Crippen LogP contribution in [0.1, 0.15) is 35.2 Å². The number of alkyl halides is 3. The Balaban J connectivity index is 1.49. The monoisotopic (exact) mass is 544 g/mol. The third kappa shape index (κ3) is 4.60. The van der Waals surface area contributed by atoms with Gasteiger partial charge in [-0.3, -0.25) is 0 Å². The minimum absolute atomic E-state index is 0.0782. The van der Waals surface area contributed by atoms with Crippen LogP contribution in [0.5, 0.6) is 0 Å². The first-order chi connectivity index (χ1) is 17.0. The van der Waals surface area contributed by atoms with Gasteiger partial charge in [-0.2, -0.15) is 18.3 Å². The van der Waals surface area contributed by atoms with Gasteiger partial charge in [-0.25, -0.2) is 9.67 Å². The average Bonchev–Trinajstić information content (AvgIpc) is 3.23. The highest BCUT2D eigenvalue weighted by Crippen LogP contribution is 2.41. The number of aromatic nitrogens is 3. The van der Waals surface area contributed by atoms with Crippen molar-refractivity contribution in [3.05, 3.63) is 75.3 Å². The van der Waals surface area contributed by atoms with Crippen molar-refractivity contribution in [3.8, 4) is 5.69 Å². The van der Waals surface area contributed by atoms with Crippen molar-refractivity contribution < 1.29 is 32.5 Å². The zero-order chi connectivity index (χ0) is 25.8. The number of nitrogens with two attached hydrogens (primary N) is 1. The molecule has 2 saturated heterocycles. The van der Waals surface area contributed by atoms with Crippen LogP contribution in [-0.2, 0) is 20.4 Å². The normalized spacial score (nSPS) is 28.7. The lowest BCUT2D eigenvalue weighted by atomic mass is 9.92. The summed E-state index contributed by atoms with van der Waals surface area (Å²) in [7, 11) is 0. The maximum Gasteiger partial charge on any atom is 0.418 e. The number of hydrogen-bond acceptors (Lipinski definition) is 7. The highest BCUT2D eigenvalue weighted by Gasteiger charge is 2.50. The van der Waals surface area contributed by atoms with Gasteiger partial charge in [0.15, 0.2) is 12.1 Å². The number of ether oxygens (including phenoxy) is 3. The van der Waals surface area contributed by atoms with E-state index in [1.165, 1.54) is 6.92 Å². The zero-order valence-corrected chi connectivity index (χ0v) is 20.2. The molecular formula is C23H21Cl2F3N4O4. The Hall–Kier alpha value is -2.25. The zero-order valence-electron chi connectivity index (χ0n) is 18.7. The minimum Gasteiger partial charge on any atom is -0.388 e. The molecule has 3 N–H and O–H groups in total. The number of aliphatic hydroxyl groups excluding tert-OH is 1. The lowest BCUT2D eigenvalue weighted by Crippen LogP contribution is -2.62. The first-order valence-corrected chi connectivity index (χ1v) is 11.7. The molecule has 2 aliphatic heterocycles. The third-order valence-electron chi connectivity index (χ3n) is 6.10. The molecule has 0 spiro atoms. The summed E-state index contributed by atoms with van der Waals surface area (Å²) in [5.41, 5.74) is 5.63. The van der Waals surface area contributed by atoms with Gasteiger partial charge in [-0.1, -0.05) is 53.5 Å². The van der Waals surface area contributed by atoms with Crippen LogP contribution in [0, 0.1) is 6.92 Å². The van der Waals surface area contributed by atoms with Crippen LogP contribution in [0.2, 0.25) is 10.0 Å². The van der Waals surface area contributed by atoms with Gasteiger partial charge >= 0.3 is 6.18 Å². The van der Waals surface area contributed by atoms with Crippen LogP contribution in [-0.4, -0.2) is 50.8 Å². The maximum atomic E-state index is 13.9. The molecular weight excluding hydrogens is 524 g/mol. The largest absolute Gasteiger partial charge is 0.418 e. The van der Waals surface area contributed by atoms with Crippen LogP contribution >= 0.6 is 23.2 Å². The summed E-state index contributed by atoms with van der Waals surface area (Å²) in [5.74, 6) is 0.0685. The Kier molecular flexibility index (Phi) is 6.75. The van der Waals surface area contributed by atoms with Crippen molar-refractivity contribution >= 4 is 23.2 Å². The molecule has 36 heavy (non-hydrogen) atoms. The molecule has 3 heterocycles. The number of rotatable bonds is 3. The van der Waals surface area contributed by atoms with E-state index in [1.807, 2.05) is 30.3 Å². The molecule has 192 valence electrons. The van der Waals surface area contributed by atoms with Gasteiger partial charge in [-0.15, -0.1) is 0 Å².